The summed E-state index contributed by atoms with van der Waals surface area (Å²) >= 11 is 0. The van der Waals surface area contributed by atoms with Gasteiger partial charge in [-0.05, 0) is 65.8 Å². The highest BCUT2D eigenvalue weighted by molar-refractivity contribution is 5.62. The maximum absolute atomic E-state index is 6.19. The molecule has 2 unspecified atom stereocenters. The third-order valence-corrected chi connectivity index (χ3v) is 6.24. The van der Waals surface area contributed by atoms with Crippen molar-refractivity contribution in [1.29, 1.82) is 0 Å². The summed E-state index contributed by atoms with van der Waals surface area (Å²) in [5, 5.41) is 7.24. The van der Waals surface area contributed by atoms with E-state index in [1.807, 2.05) is 24.3 Å². The number of anilines is 2. The Bertz CT molecular complexity index is 1080. The molecular weight excluding hydrogens is 360 g/mol. The van der Waals surface area contributed by atoms with Crippen LogP contribution in [0.5, 0.6) is 11.5 Å². The summed E-state index contributed by atoms with van der Waals surface area (Å²) in [7, 11) is 0. The van der Waals surface area contributed by atoms with Gasteiger partial charge in [-0.2, -0.15) is 0 Å². The van der Waals surface area contributed by atoms with Gasteiger partial charge in [-0.25, -0.2) is 0 Å². The Morgan fingerprint density at radius 2 is 1.72 bits per heavy atom. The molecule has 0 amide bonds. The number of hydrogen-bond donors (Lipinski definition) is 2. The second-order valence-corrected chi connectivity index (χ2v) is 8.13. The van der Waals surface area contributed by atoms with Crippen molar-refractivity contribution in [2.24, 2.45) is 0 Å². The Kier molecular flexibility index (Phi) is 3.89. The van der Waals surface area contributed by atoms with Gasteiger partial charge in [0.25, 0.3) is 0 Å². The van der Waals surface area contributed by atoms with Crippen molar-refractivity contribution in [2.75, 3.05) is 23.8 Å². The minimum atomic E-state index is -0.0779. The van der Waals surface area contributed by atoms with Crippen LogP contribution in [0, 0.1) is 0 Å². The number of benzene rings is 3. The molecule has 3 heterocycles. The van der Waals surface area contributed by atoms with Crippen molar-refractivity contribution in [2.45, 2.75) is 31.4 Å². The van der Waals surface area contributed by atoms with Crippen molar-refractivity contribution < 1.29 is 9.47 Å². The van der Waals surface area contributed by atoms with E-state index in [1.54, 1.807) is 0 Å². The molecule has 4 heteroatoms. The lowest BCUT2D eigenvalue weighted by Crippen LogP contribution is -2.21. The summed E-state index contributed by atoms with van der Waals surface area (Å²) in [5.74, 6) is 1.64. The lowest BCUT2D eigenvalue weighted by molar-refractivity contribution is 0.0913. The van der Waals surface area contributed by atoms with Crippen molar-refractivity contribution in [3.8, 4) is 11.5 Å². The average molecular weight is 384 g/mol. The highest BCUT2D eigenvalue weighted by Gasteiger charge is 2.27. The first-order chi connectivity index (χ1) is 14.3. The van der Waals surface area contributed by atoms with E-state index >= 15 is 0 Å². The van der Waals surface area contributed by atoms with Crippen LogP contribution in [0.1, 0.15) is 40.8 Å². The van der Waals surface area contributed by atoms with E-state index in [0.717, 1.165) is 30.0 Å². The molecule has 2 atom stereocenters. The molecule has 0 bridgehead atoms. The molecule has 0 aromatic heterocycles. The van der Waals surface area contributed by atoms with Crippen LogP contribution >= 0.6 is 0 Å². The molecule has 0 spiro atoms. The van der Waals surface area contributed by atoms with Crippen molar-refractivity contribution >= 4 is 11.4 Å². The Morgan fingerprint density at radius 3 is 2.69 bits per heavy atom. The van der Waals surface area contributed by atoms with Crippen LogP contribution in [0.4, 0.5) is 11.4 Å². The molecule has 29 heavy (non-hydrogen) atoms. The predicted molar refractivity (Wildman–Crippen MR) is 115 cm³/mol. The first-order valence-corrected chi connectivity index (χ1v) is 10.5. The fourth-order valence-electron chi connectivity index (χ4n) is 4.66. The van der Waals surface area contributed by atoms with E-state index < -0.39 is 0 Å². The van der Waals surface area contributed by atoms with Crippen molar-refractivity contribution in [1.82, 2.24) is 0 Å². The van der Waals surface area contributed by atoms with Crippen LogP contribution in [0.2, 0.25) is 0 Å². The van der Waals surface area contributed by atoms with Crippen LogP contribution < -0.4 is 20.1 Å². The molecule has 3 aromatic carbocycles. The summed E-state index contributed by atoms with van der Waals surface area (Å²) in [4.78, 5) is 0. The van der Waals surface area contributed by atoms with Crippen LogP contribution in [0.3, 0.4) is 0 Å². The molecule has 0 fully saturated rings. The molecule has 0 aliphatic carbocycles. The molecule has 6 rings (SSSR count). The summed E-state index contributed by atoms with van der Waals surface area (Å²) in [6.45, 7) is 1.62. The Morgan fingerprint density at radius 1 is 0.828 bits per heavy atom. The molecule has 146 valence electrons. The number of ether oxygens (including phenoxy) is 2. The monoisotopic (exact) mass is 384 g/mol. The Balaban J connectivity index is 1.23. The standard InChI is InChI=1S/C25H24N2O2/c1-2-6-24-23(5-1)28-15-25(29-24)19-8-7-18-13-21(27-22(18)14-19)17-9-10-20-16(12-17)4-3-11-26-20/h1-2,5-10,12,14,21,25-27H,3-4,11,13,15H2. The number of aryl methyl sites for hydroxylation is 1. The fraction of sp³-hybridized carbons (Fsp3) is 0.280. The van der Waals surface area contributed by atoms with E-state index in [1.165, 1.54) is 40.9 Å². The fourth-order valence-corrected chi connectivity index (χ4v) is 4.66. The molecule has 0 saturated heterocycles. The maximum Gasteiger partial charge on any atom is 0.162 e. The zero-order chi connectivity index (χ0) is 19.2. The van der Waals surface area contributed by atoms with E-state index in [4.69, 9.17) is 9.47 Å². The minimum absolute atomic E-state index is 0.0779. The number of para-hydroxylation sites is 2. The number of nitrogens with one attached hydrogen (secondary N) is 2. The van der Waals surface area contributed by atoms with E-state index in [2.05, 4.69) is 47.0 Å². The van der Waals surface area contributed by atoms with Gasteiger partial charge >= 0.3 is 0 Å². The third-order valence-electron chi connectivity index (χ3n) is 6.24. The summed E-state index contributed by atoms with van der Waals surface area (Å²) in [6, 6.07) is 21.7. The SMILES string of the molecule is c1ccc2c(c1)OCC(c1ccc3c(c1)NC(c1ccc4c(c1)CCCN4)C3)O2. The van der Waals surface area contributed by atoms with Crippen molar-refractivity contribution in [3.63, 3.8) is 0 Å². The van der Waals surface area contributed by atoms with Gasteiger partial charge in [-0.1, -0.05) is 36.4 Å². The van der Waals surface area contributed by atoms with Gasteiger partial charge in [-0.15, -0.1) is 0 Å². The highest BCUT2D eigenvalue weighted by atomic mass is 16.6. The van der Waals surface area contributed by atoms with Gasteiger partial charge < -0.3 is 20.1 Å². The maximum atomic E-state index is 6.19. The molecule has 3 aliphatic rings. The zero-order valence-electron chi connectivity index (χ0n) is 16.3. The summed E-state index contributed by atoms with van der Waals surface area (Å²) in [6.07, 6.45) is 3.32. The number of fused-ring (bicyclic) bond motifs is 3. The van der Waals surface area contributed by atoms with Gasteiger partial charge in [0, 0.05) is 17.9 Å². The smallest absolute Gasteiger partial charge is 0.162 e. The Hall–Kier alpha value is -3.14. The lowest BCUT2D eigenvalue weighted by atomic mass is 9.96. The topological polar surface area (TPSA) is 42.5 Å². The average Bonchev–Trinajstić information content (AvgIpc) is 3.22. The first-order valence-electron chi connectivity index (χ1n) is 10.5. The first kappa shape index (κ1) is 16.8. The molecule has 2 N–H and O–H groups in total. The summed E-state index contributed by atoms with van der Waals surface area (Å²) < 4.78 is 12.1. The van der Waals surface area contributed by atoms with Crippen LogP contribution in [0.15, 0.2) is 60.7 Å². The second kappa shape index (κ2) is 6.73. The molecule has 3 aromatic rings. The van der Waals surface area contributed by atoms with Gasteiger partial charge in [0.2, 0.25) is 0 Å². The normalized spacial score (nSPS) is 21.5. The predicted octanol–water partition coefficient (Wildman–Crippen LogP) is 5.27. The molecule has 0 radical (unpaired) electrons. The lowest BCUT2D eigenvalue weighted by Gasteiger charge is -2.27. The highest BCUT2D eigenvalue weighted by Crippen LogP contribution is 2.40. The zero-order valence-corrected chi connectivity index (χ0v) is 16.3. The molecular formula is C25H24N2O2. The number of rotatable bonds is 2. The number of hydrogen-bond acceptors (Lipinski definition) is 4. The van der Waals surface area contributed by atoms with Crippen LogP contribution in [0.25, 0.3) is 0 Å². The van der Waals surface area contributed by atoms with Gasteiger partial charge in [0.15, 0.2) is 17.6 Å². The third kappa shape index (κ3) is 3.00. The molecule has 0 saturated carbocycles. The quantitative estimate of drug-likeness (QED) is 0.632. The largest absolute Gasteiger partial charge is 0.485 e. The van der Waals surface area contributed by atoms with E-state index in [-0.39, 0.29) is 6.10 Å². The van der Waals surface area contributed by atoms with E-state index in [9.17, 15) is 0 Å². The van der Waals surface area contributed by atoms with Crippen LogP contribution in [-0.2, 0) is 12.8 Å². The second-order valence-electron chi connectivity index (χ2n) is 8.13. The Labute approximate surface area is 170 Å². The van der Waals surface area contributed by atoms with Gasteiger partial charge in [-0.3, -0.25) is 0 Å². The summed E-state index contributed by atoms with van der Waals surface area (Å²) in [5.41, 5.74) is 7.85. The van der Waals surface area contributed by atoms with Crippen molar-refractivity contribution in [3.05, 3.63) is 82.9 Å². The minimum Gasteiger partial charge on any atom is -0.485 e. The van der Waals surface area contributed by atoms with E-state index in [0.29, 0.717) is 12.6 Å². The molecule has 4 nitrogen and oxygen atoms in total. The molecule has 3 aliphatic heterocycles. The van der Waals surface area contributed by atoms with Crippen LogP contribution in [-0.4, -0.2) is 13.2 Å². The van der Waals surface area contributed by atoms with Gasteiger partial charge in [0.05, 0.1) is 6.04 Å². The van der Waals surface area contributed by atoms with Gasteiger partial charge in [0.1, 0.15) is 6.61 Å².